The molecule has 2 nitrogen and oxygen atoms in total. The zero-order valence-corrected chi connectivity index (χ0v) is 12.9. The molecule has 0 aliphatic heterocycles. The molecule has 1 heterocycles. The van der Waals surface area contributed by atoms with Crippen molar-refractivity contribution in [3.05, 3.63) is 47.5 Å². The van der Waals surface area contributed by atoms with Crippen LogP contribution in [0.25, 0.3) is 5.69 Å². The van der Waals surface area contributed by atoms with E-state index in [-0.39, 0.29) is 0 Å². The van der Waals surface area contributed by atoms with Crippen LogP contribution in [0.5, 0.6) is 0 Å². The molecule has 0 saturated heterocycles. The van der Waals surface area contributed by atoms with Gasteiger partial charge in [0.15, 0.2) is 0 Å². The fraction of sp³-hybridized carbons (Fsp3) is 0.471. The number of hydrogen-bond acceptors (Lipinski definition) is 0. The van der Waals surface area contributed by atoms with Crippen LogP contribution in [-0.2, 0) is 7.05 Å². The van der Waals surface area contributed by atoms with Crippen molar-refractivity contribution < 1.29 is 4.57 Å². The smallest absolute Gasteiger partial charge is 0.237 e. The lowest BCUT2D eigenvalue weighted by Gasteiger charge is -2.17. The molecule has 0 radical (unpaired) electrons. The summed E-state index contributed by atoms with van der Waals surface area (Å²) in [6.45, 7) is 11.2. The van der Waals surface area contributed by atoms with E-state index in [4.69, 9.17) is 0 Å². The summed E-state index contributed by atoms with van der Waals surface area (Å²) in [5, 5.41) is 0. The lowest BCUT2D eigenvalue weighted by Crippen LogP contribution is -2.29. The van der Waals surface area contributed by atoms with Gasteiger partial charge in [-0.1, -0.05) is 45.9 Å². The van der Waals surface area contributed by atoms with Gasteiger partial charge in [-0.3, -0.25) is 0 Å². The second-order valence-corrected chi connectivity index (χ2v) is 5.92. The molecule has 0 atom stereocenters. The van der Waals surface area contributed by atoms with E-state index in [2.05, 4.69) is 81.4 Å². The Hall–Kier alpha value is -1.57. The van der Waals surface area contributed by atoms with E-state index >= 15 is 0 Å². The van der Waals surface area contributed by atoms with Crippen molar-refractivity contribution in [3.63, 3.8) is 0 Å². The Labute approximate surface area is 116 Å². The number of imidazole rings is 1. The lowest BCUT2D eigenvalue weighted by atomic mass is 9.92. The highest BCUT2D eigenvalue weighted by Crippen LogP contribution is 2.31. The number of benzene rings is 1. The average molecular weight is 257 g/mol. The Balaban J connectivity index is 2.75. The van der Waals surface area contributed by atoms with Crippen molar-refractivity contribution in [1.29, 1.82) is 0 Å². The predicted octanol–water partition coefficient (Wildman–Crippen LogP) is 3.86. The summed E-state index contributed by atoms with van der Waals surface area (Å²) in [5.41, 5.74) is 4.21. The van der Waals surface area contributed by atoms with Gasteiger partial charge in [-0.25, -0.2) is 4.57 Å². The molecule has 2 rings (SSSR count). The van der Waals surface area contributed by atoms with Crippen molar-refractivity contribution in [2.45, 2.75) is 46.5 Å². The third kappa shape index (κ3) is 2.44. The van der Waals surface area contributed by atoms with Crippen LogP contribution in [0.4, 0.5) is 0 Å². The molecule has 1 aromatic carbocycles. The minimum atomic E-state index is 0.529. The second-order valence-electron chi connectivity index (χ2n) is 5.92. The summed E-state index contributed by atoms with van der Waals surface area (Å²) < 4.78 is 4.49. The number of para-hydroxylation sites is 1. The van der Waals surface area contributed by atoms with Crippen molar-refractivity contribution in [2.24, 2.45) is 7.05 Å². The van der Waals surface area contributed by atoms with E-state index in [0.29, 0.717) is 11.8 Å². The third-order valence-corrected chi connectivity index (χ3v) is 3.88. The van der Waals surface area contributed by atoms with Crippen molar-refractivity contribution >= 4 is 0 Å². The largest absolute Gasteiger partial charge is 0.258 e. The average Bonchev–Trinajstić information content (AvgIpc) is 2.68. The van der Waals surface area contributed by atoms with Gasteiger partial charge in [-0.15, -0.1) is 0 Å². The molecule has 0 saturated carbocycles. The van der Waals surface area contributed by atoms with Gasteiger partial charge in [-0.05, 0) is 11.8 Å². The van der Waals surface area contributed by atoms with Crippen LogP contribution in [0.1, 0.15) is 56.5 Å². The van der Waals surface area contributed by atoms with Crippen LogP contribution in [0.3, 0.4) is 0 Å². The number of aromatic nitrogens is 2. The summed E-state index contributed by atoms with van der Waals surface area (Å²) in [6.07, 6.45) is 4.29. The van der Waals surface area contributed by atoms with Gasteiger partial charge in [0.2, 0.25) is 0 Å². The Bertz CT molecular complexity index is 551. The minimum absolute atomic E-state index is 0.529. The molecule has 0 fully saturated rings. The number of aryl methyl sites for hydroxylation is 1. The number of nitrogens with zero attached hydrogens (tertiary/aromatic N) is 2. The van der Waals surface area contributed by atoms with Gasteiger partial charge in [0, 0.05) is 18.1 Å². The third-order valence-electron chi connectivity index (χ3n) is 3.88. The van der Waals surface area contributed by atoms with Gasteiger partial charge in [0.05, 0.1) is 7.05 Å². The van der Waals surface area contributed by atoms with Gasteiger partial charge in [-0.2, -0.15) is 4.57 Å². The van der Waals surface area contributed by atoms with E-state index in [9.17, 15) is 0 Å². The molecule has 1 aromatic heterocycles. The summed E-state index contributed by atoms with van der Waals surface area (Å²) in [7, 11) is 2.10. The van der Waals surface area contributed by atoms with Crippen molar-refractivity contribution in [1.82, 2.24) is 4.57 Å². The maximum absolute atomic E-state index is 2.32. The second kappa shape index (κ2) is 5.20. The van der Waals surface area contributed by atoms with Gasteiger partial charge in [0.1, 0.15) is 18.1 Å². The molecule has 0 amide bonds. The molecule has 0 aliphatic rings. The maximum Gasteiger partial charge on any atom is 0.258 e. The van der Waals surface area contributed by atoms with Gasteiger partial charge >= 0.3 is 0 Å². The highest BCUT2D eigenvalue weighted by Gasteiger charge is 2.21. The van der Waals surface area contributed by atoms with Gasteiger partial charge in [0.25, 0.3) is 5.82 Å². The molecule has 0 N–H and O–H groups in total. The Kier molecular flexibility index (Phi) is 3.79. The molecule has 2 heteroatoms. The highest BCUT2D eigenvalue weighted by atomic mass is 15.1. The normalized spacial score (nSPS) is 11.6. The van der Waals surface area contributed by atoms with Crippen molar-refractivity contribution in [3.8, 4) is 5.69 Å². The lowest BCUT2D eigenvalue weighted by molar-refractivity contribution is -0.677. The zero-order chi connectivity index (χ0) is 14.2. The topological polar surface area (TPSA) is 8.81 Å². The quantitative estimate of drug-likeness (QED) is 0.738. The molecular formula is C17H25N2+. The van der Waals surface area contributed by atoms with Crippen LogP contribution in [0.2, 0.25) is 0 Å². The fourth-order valence-corrected chi connectivity index (χ4v) is 2.58. The summed E-state index contributed by atoms with van der Waals surface area (Å²) in [6, 6.07) is 6.70. The molecule has 0 bridgehead atoms. The monoisotopic (exact) mass is 257 g/mol. The minimum Gasteiger partial charge on any atom is -0.237 e. The van der Waals surface area contributed by atoms with Gasteiger partial charge < -0.3 is 0 Å². The van der Waals surface area contributed by atoms with Crippen LogP contribution in [0.15, 0.2) is 30.6 Å². The zero-order valence-electron chi connectivity index (χ0n) is 12.9. The Morgan fingerprint density at radius 1 is 1.00 bits per heavy atom. The fourth-order valence-electron chi connectivity index (χ4n) is 2.58. The summed E-state index contributed by atoms with van der Waals surface area (Å²) in [4.78, 5) is 0. The Morgan fingerprint density at radius 2 is 1.53 bits per heavy atom. The standard InChI is InChI=1S/C17H25N2/c1-12(2)15-8-7-9-16(13(3)4)17(15)19-11-10-18(6)14(19)5/h7-13H,1-6H3/q+1. The summed E-state index contributed by atoms with van der Waals surface area (Å²) in [5.74, 6) is 2.32. The van der Waals surface area contributed by atoms with Crippen LogP contribution >= 0.6 is 0 Å². The number of hydrogen-bond donors (Lipinski definition) is 0. The number of rotatable bonds is 3. The Morgan fingerprint density at radius 3 is 1.89 bits per heavy atom. The molecule has 0 spiro atoms. The molecule has 102 valence electrons. The molecule has 19 heavy (non-hydrogen) atoms. The first kappa shape index (κ1) is 13.9. The van der Waals surface area contributed by atoms with E-state index in [1.165, 1.54) is 22.6 Å². The molecule has 0 aliphatic carbocycles. The maximum atomic E-state index is 2.32. The van der Waals surface area contributed by atoms with E-state index in [0.717, 1.165) is 0 Å². The first-order valence-corrected chi connectivity index (χ1v) is 7.10. The van der Waals surface area contributed by atoms with E-state index in [1.54, 1.807) is 0 Å². The first-order valence-electron chi connectivity index (χ1n) is 7.10. The highest BCUT2D eigenvalue weighted by molar-refractivity contribution is 5.51. The van der Waals surface area contributed by atoms with Crippen LogP contribution in [0, 0.1) is 6.92 Å². The SMILES string of the molecule is Cc1n(-c2c(C(C)C)cccc2C(C)C)cc[n+]1C. The molecule has 2 aromatic rings. The van der Waals surface area contributed by atoms with E-state index < -0.39 is 0 Å². The van der Waals surface area contributed by atoms with Crippen molar-refractivity contribution in [2.75, 3.05) is 0 Å². The van der Waals surface area contributed by atoms with Crippen LogP contribution in [-0.4, -0.2) is 4.57 Å². The molecular weight excluding hydrogens is 232 g/mol. The summed E-state index contributed by atoms with van der Waals surface area (Å²) >= 11 is 0. The molecule has 0 unspecified atom stereocenters. The predicted molar refractivity (Wildman–Crippen MR) is 79.9 cm³/mol. The van der Waals surface area contributed by atoms with E-state index in [1.807, 2.05) is 0 Å². The van der Waals surface area contributed by atoms with Crippen LogP contribution < -0.4 is 4.57 Å². The first-order chi connectivity index (χ1) is 8.93.